The molecule has 0 spiro atoms. The SMILES string of the molecule is O=C(N[C@@H](Cc1ccc(F)cc1)C(=O)N1CC[C@H](O)C1)c1cc2cc(Cl)ncc2[nH]1. The lowest BCUT2D eigenvalue weighted by molar-refractivity contribution is -0.132. The van der Waals surface area contributed by atoms with Crippen LogP contribution in [0.4, 0.5) is 4.39 Å². The number of pyridine rings is 1. The molecule has 0 unspecified atom stereocenters. The molecule has 30 heavy (non-hydrogen) atoms. The number of nitrogens with one attached hydrogen (secondary N) is 2. The summed E-state index contributed by atoms with van der Waals surface area (Å²) in [4.78, 5) is 34.4. The summed E-state index contributed by atoms with van der Waals surface area (Å²) >= 11 is 5.90. The summed E-state index contributed by atoms with van der Waals surface area (Å²) in [6.07, 6.45) is 1.66. The lowest BCUT2D eigenvalue weighted by Crippen LogP contribution is -2.49. The number of β-amino-alcohol motifs (C(OH)–C–C–N with tert-alkyl or cyclic N) is 1. The monoisotopic (exact) mass is 430 g/mol. The van der Waals surface area contributed by atoms with Crippen molar-refractivity contribution in [3.05, 3.63) is 64.8 Å². The summed E-state index contributed by atoms with van der Waals surface area (Å²) in [5, 5.41) is 13.6. The molecule has 3 N–H and O–H groups in total. The van der Waals surface area contributed by atoms with E-state index in [4.69, 9.17) is 11.6 Å². The number of likely N-dealkylation sites (tertiary alicyclic amines) is 1. The molecule has 9 heteroatoms. The van der Waals surface area contributed by atoms with Gasteiger partial charge in [0.05, 0.1) is 17.8 Å². The standard InChI is InChI=1S/C21H20ClFN4O3/c22-19-9-13-8-16(25-18(13)10-24-19)20(29)26-17(7-12-1-3-14(23)4-2-12)21(30)27-6-5-15(28)11-27/h1-4,8-10,15,17,25,28H,5-7,11H2,(H,26,29)/t15-,17-/m0/s1. The van der Waals surface area contributed by atoms with Crippen molar-refractivity contribution in [3.8, 4) is 0 Å². The van der Waals surface area contributed by atoms with E-state index < -0.39 is 18.1 Å². The van der Waals surface area contributed by atoms with Crippen molar-refractivity contribution in [2.24, 2.45) is 0 Å². The molecule has 1 saturated heterocycles. The molecule has 1 aliphatic rings. The molecule has 7 nitrogen and oxygen atoms in total. The fraction of sp³-hybridized carbons (Fsp3) is 0.286. The smallest absolute Gasteiger partial charge is 0.268 e. The third-order valence-corrected chi connectivity index (χ3v) is 5.35. The van der Waals surface area contributed by atoms with Crippen LogP contribution in [0.1, 0.15) is 22.5 Å². The van der Waals surface area contributed by atoms with Crippen LogP contribution in [-0.4, -0.2) is 57.0 Å². The Kier molecular flexibility index (Phi) is 5.69. The highest BCUT2D eigenvalue weighted by molar-refractivity contribution is 6.30. The van der Waals surface area contributed by atoms with Gasteiger partial charge in [-0.05, 0) is 36.2 Å². The molecule has 1 aromatic carbocycles. The number of carbonyl (C=O) groups excluding carboxylic acids is 2. The van der Waals surface area contributed by atoms with Crippen molar-refractivity contribution in [1.29, 1.82) is 0 Å². The maximum atomic E-state index is 13.2. The Labute approximate surface area is 176 Å². The van der Waals surface area contributed by atoms with E-state index in [-0.39, 0.29) is 30.4 Å². The van der Waals surface area contributed by atoms with E-state index in [0.29, 0.717) is 29.2 Å². The van der Waals surface area contributed by atoms with Crippen LogP contribution in [0, 0.1) is 5.82 Å². The van der Waals surface area contributed by atoms with Gasteiger partial charge in [-0.1, -0.05) is 23.7 Å². The van der Waals surface area contributed by atoms with Crippen molar-refractivity contribution in [1.82, 2.24) is 20.2 Å². The van der Waals surface area contributed by atoms with E-state index in [1.807, 2.05) is 0 Å². The Morgan fingerprint density at radius 3 is 2.80 bits per heavy atom. The average molecular weight is 431 g/mol. The Morgan fingerprint density at radius 2 is 2.10 bits per heavy atom. The van der Waals surface area contributed by atoms with Crippen LogP contribution in [-0.2, 0) is 11.2 Å². The normalized spacial score (nSPS) is 17.3. The van der Waals surface area contributed by atoms with Gasteiger partial charge in [-0.3, -0.25) is 9.59 Å². The van der Waals surface area contributed by atoms with E-state index in [1.165, 1.54) is 23.2 Å². The van der Waals surface area contributed by atoms with Crippen LogP contribution in [0.15, 0.2) is 42.6 Å². The number of nitrogens with zero attached hydrogens (tertiary/aromatic N) is 2. The molecule has 3 aromatic rings. The van der Waals surface area contributed by atoms with Crippen molar-refractivity contribution in [2.75, 3.05) is 13.1 Å². The number of hydrogen-bond donors (Lipinski definition) is 3. The minimum absolute atomic E-state index is 0.199. The van der Waals surface area contributed by atoms with Gasteiger partial charge < -0.3 is 20.3 Å². The highest BCUT2D eigenvalue weighted by atomic mass is 35.5. The molecule has 0 aliphatic carbocycles. The topological polar surface area (TPSA) is 98.3 Å². The van der Waals surface area contributed by atoms with Crippen LogP contribution in [0.2, 0.25) is 5.15 Å². The number of rotatable bonds is 5. The fourth-order valence-corrected chi connectivity index (χ4v) is 3.75. The molecule has 2 aromatic heterocycles. The molecule has 1 fully saturated rings. The number of halogens is 2. The third kappa shape index (κ3) is 4.44. The molecule has 4 rings (SSSR count). The van der Waals surface area contributed by atoms with Gasteiger partial charge >= 0.3 is 0 Å². The second-order valence-electron chi connectivity index (χ2n) is 7.36. The number of fused-ring (bicyclic) bond motifs is 1. The van der Waals surface area contributed by atoms with Crippen LogP contribution >= 0.6 is 11.6 Å². The van der Waals surface area contributed by atoms with E-state index in [9.17, 15) is 19.1 Å². The first-order valence-electron chi connectivity index (χ1n) is 9.55. The molecule has 0 radical (unpaired) electrons. The number of aromatic amines is 1. The maximum Gasteiger partial charge on any atom is 0.268 e. The minimum atomic E-state index is -0.860. The molecular formula is C21H20ClFN4O3. The number of aliphatic hydroxyl groups excluding tert-OH is 1. The van der Waals surface area contributed by atoms with E-state index in [1.54, 1.807) is 24.3 Å². The van der Waals surface area contributed by atoms with Gasteiger partial charge in [-0.25, -0.2) is 9.37 Å². The molecule has 0 bridgehead atoms. The van der Waals surface area contributed by atoms with Crippen molar-refractivity contribution in [3.63, 3.8) is 0 Å². The van der Waals surface area contributed by atoms with Crippen LogP contribution < -0.4 is 5.32 Å². The number of aliphatic hydroxyl groups is 1. The summed E-state index contributed by atoms with van der Waals surface area (Å²) in [6.45, 7) is 0.650. The zero-order valence-corrected chi connectivity index (χ0v) is 16.7. The summed E-state index contributed by atoms with van der Waals surface area (Å²) in [5.74, 6) is -1.12. The Morgan fingerprint density at radius 1 is 1.33 bits per heavy atom. The van der Waals surface area contributed by atoms with Crippen LogP contribution in [0.3, 0.4) is 0 Å². The first-order valence-corrected chi connectivity index (χ1v) is 9.93. The van der Waals surface area contributed by atoms with Gasteiger partial charge in [0, 0.05) is 24.9 Å². The Balaban J connectivity index is 1.56. The molecule has 2 amide bonds. The summed E-state index contributed by atoms with van der Waals surface area (Å²) < 4.78 is 13.2. The number of aromatic nitrogens is 2. The van der Waals surface area contributed by atoms with Crippen LogP contribution in [0.5, 0.6) is 0 Å². The molecule has 3 heterocycles. The first-order chi connectivity index (χ1) is 14.4. The average Bonchev–Trinajstić information content (AvgIpc) is 3.34. The highest BCUT2D eigenvalue weighted by Crippen LogP contribution is 2.19. The second-order valence-corrected chi connectivity index (χ2v) is 7.75. The van der Waals surface area contributed by atoms with Gasteiger partial charge in [0.1, 0.15) is 22.7 Å². The van der Waals surface area contributed by atoms with Gasteiger partial charge in [-0.15, -0.1) is 0 Å². The predicted molar refractivity (Wildman–Crippen MR) is 110 cm³/mol. The largest absolute Gasteiger partial charge is 0.391 e. The zero-order chi connectivity index (χ0) is 21.3. The Bertz CT molecular complexity index is 1090. The van der Waals surface area contributed by atoms with Gasteiger partial charge in [0.2, 0.25) is 5.91 Å². The molecule has 2 atom stereocenters. The predicted octanol–water partition coefficient (Wildman–Crippen LogP) is 2.29. The van der Waals surface area contributed by atoms with E-state index in [2.05, 4.69) is 15.3 Å². The fourth-order valence-electron chi connectivity index (χ4n) is 3.58. The number of hydrogen-bond acceptors (Lipinski definition) is 4. The molecule has 0 saturated carbocycles. The number of H-pyrrole nitrogens is 1. The van der Waals surface area contributed by atoms with E-state index in [0.717, 1.165) is 5.39 Å². The quantitative estimate of drug-likeness (QED) is 0.541. The molecule has 156 valence electrons. The van der Waals surface area contributed by atoms with Crippen molar-refractivity contribution < 1.29 is 19.1 Å². The number of carbonyl (C=O) groups is 2. The lowest BCUT2D eigenvalue weighted by atomic mass is 10.0. The summed E-state index contributed by atoms with van der Waals surface area (Å²) in [7, 11) is 0. The van der Waals surface area contributed by atoms with Crippen molar-refractivity contribution in [2.45, 2.75) is 25.0 Å². The Hall–Kier alpha value is -2.97. The van der Waals surface area contributed by atoms with Gasteiger partial charge in [-0.2, -0.15) is 0 Å². The lowest BCUT2D eigenvalue weighted by Gasteiger charge is -2.24. The molecule has 1 aliphatic heterocycles. The summed E-state index contributed by atoms with van der Waals surface area (Å²) in [6, 6.07) is 8.20. The molecular weight excluding hydrogens is 411 g/mol. The second kappa shape index (κ2) is 8.41. The van der Waals surface area contributed by atoms with Gasteiger partial charge in [0.25, 0.3) is 5.91 Å². The van der Waals surface area contributed by atoms with Crippen molar-refractivity contribution >= 4 is 34.3 Å². The maximum absolute atomic E-state index is 13.2. The van der Waals surface area contributed by atoms with E-state index >= 15 is 0 Å². The first kappa shape index (κ1) is 20.3. The minimum Gasteiger partial charge on any atom is -0.391 e. The summed E-state index contributed by atoms with van der Waals surface area (Å²) in [5.41, 5.74) is 1.63. The number of benzene rings is 1. The number of amides is 2. The van der Waals surface area contributed by atoms with Crippen LogP contribution in [0.25, 0.3) is 10.9 Å². The zero-order valence-electron chi connectivity index (χ0n) is 15.9. The van der Waals surface area contributed by atoms with Gasteiger partial charge in [0.15, 0.2) is 0 Å². The highest BCUT2D eigenvalue weighted by Gasteiger charge is 2.31. The third-order valence-electron chi connectivity index (χ3n) is 5.15.